The van der Waals surface area contributed by atoms with Crippen LogP contribution in [0.2, 0.25) is 0 Å². The monoisotopic (exact) mass is 342 g/mol. The van der Waals surface area contributed by atoms with Gasteiger partial charge in [-0.1, -0.05) is 0 Å². The number of rotatable bonds is 2. The Morgan fingerprint density at radius 2 is 1.33 bits per heavy atom. The van der Waals surface area contributed by atoms with Gasteiger partial charge in [0.1, 0.15) is 0 Å². The van der Waals surface area contributed by atoms with E-state index >= 15 is 0 Å². The van der Waals surface area contributed by atoms with E-state index in [-0.39, 0.29) is 0 Å². The van der Waals surface area contributed by atoms with Crippen LogP contribution in [-0.2, 0) is 0 Å². The van der Waals surface area contributed by atoms with Gasteiger partial charge in [0.2, 0.25) is 0 Å². The minimum atomic E-state index is -1.56. The fourth-order valence-corrected chi connectivity index (χ4v) is 5.11. The van der Waals surface area contributed by atoms with Crippen molar-refractivity contribution >= 4 is 48.3 Å². The quantitative estimate of drug-likeness (QED) is 0.736. The molecule has 2 rings (SSSR count). The number of benzene rings is 2. The van der Waals surface area contributed by atoms with Crippen molar-refractivity contribution in [1.82, 2.24) is 0 Å². The predicted molar refractivity (Wildman–Crippen MR) is 71.5 cm³/mol. The zero-order valence-corrected chi connectivity index (χ0v) is 12.1. The molecule has 1 atom stereocenters. The van der Waals surface area contributed by atoms with E-state index in [1.54, 1.807) is 0 Å². The third-order valence-corrected chi connectivity index (χ3v) is 7.75. The Balaban J connectivity index is 2.29. The molecule has 0 radical (unpaired) electrons. The van der Waals surface area contributed by atoms with Gasteiger partial charge in [0, 0.05) is 0 Å². The Labute approximate surface area is 107 Å². The molecule has 0 aliphatic rings. The molecular weight excluding hydrogens is 334 g/mol. The molecule has 0 spiro atoms. The second-order valence-corrected chi connectivity index (χ2v) is 9.11. The van der Waals surface area contributed by atoms with Gasteiger partial charge in [0.25, 0.3) is 0 Å². The Hall–Kier alpha value is -0.232. The maximum atomic E-state index is 6.51. The van der Waals surface area contributed by atoms with Crippen LogP contribution in [0.25, 0.3) is 0 Å². The first-order chi connectivity index (χ1) is 7.27. The third-order valence-electron chi connectivity index (χ3n) is 2.04. The predicted octanol–water partition coefficient (Wildman–Crippen LogP) is 2.79. The third kappa shape index (κ3) is 2.87. The Kier molecular flexibility index (Phi) is 3.91. The van der Waals surface area contributed by atoms with Gasteiger partial charge in [-0.3, -0.25) is 0 Å². The van der Waals surface area contributed by atoms with Crippen LogP contribution in [-0.4, -0.2) is 13.7 Å². The van der Waals surface area contributed by atoms with Crippen molar-refractivity contribution in [2.45, 2.75) is 0 Å². The Morgan fingerprint density at radius 3 is 1.93 bits per heavy atom. The van der Waals surface area contributed by atoms with Crippen molar-refractivity contribution in [2.75, 3.05) is 0 Å². The average molecular weight is 343 g/mol. The van der Waals surface area contributed by atoms with E-state index in [1.807, 2.05) is 30.3 Å². The summed E-state index contributed by atoms with van der Waals surface area (Å²) >= 11 is 1.87. The first-order valence-corrected chi connectivity index (χ1v) is 9.67. The van der Waals surface area contributed by atoms with Gasteiger partial charge in [-0.25, -0.2) is 0 Å². The first kappa shape index (κ1) is 11.3. The summed E-state index contributed by atoms with van der Waals surface area (Å²) < 4.78 is 3.63. The second-order valence-electron chi connectivity index (χ2n) is 3.09. The fraction of sp³-hybridized carbons (Fsp3) is 0. The van der Waals surface area contributed by atoms with Crippen LogP contribution < -0.4 is 8.70 Å². The second kappa shape index (κ2) is 5.20. The summed E-state index contributed by atoms with van der Waals surface area (Å²) in [5, 5.41) is 0. The van der Waals surface area contributed by atoms with Crippen molar-refractivity contribution in [1.29, 1.82) is 0 Å². The van der Waals surface area contributed by atoms with Gasteiger partial charge in [0.15, 0.2) is 0 Å². The molecule has 2 aromatic rings. The summed E-state index contributed by atoms with van der Waals surface area (Å²) in [6.07, 6.45) is 0. The van der Waals surface area contributed by atoms with Gasteiger partial charge < -0.3 is 0 Å². The van der Waals surface area contributed by atoms with E-state index in [0.29, 0.717) is 0 Å². The molecule has 0 aliphatic heterocycles. The van der Waals surface area contributed by atoms with Crippen LogP contribution in [0.15, 0.2) is 59.1 Å². The van der Waals surface area contributed by atoms with Crippen LogP contribution >= 0.6 is 25.9 Å². The van der Waals surface area contributed by atoms with Crippen LogP contribution in [0.4, 0.5) is 0 Å². The molecule has 0 aliphatic carbocycles. The van der Waals surface area contributed by atoms with Gasteiger partial charge in [-0.15, -0.1) is 0 Å². The summed E-state index contributed by atoms with van der Waals surface area (Å²) in [5.74, 6) is 0. The summed E-state index contributed by atoms with van der Waals surface area (Å²) in [6.45, 7) is 0. The molecule has 1 unspecified atom stereocenters. The normalized spacial score (nSPS) is 12.4. The molecule has 0 fully saturated rings. The zero-order chi connectivity index (χ0) is 10.7. The van der Waals surface area contributed by atoms with Crippen molar-refractivity contribution in [2.24, 2.45) is 0 Å². The molecule has 0 aromatic heterocycles. The average Bonchev–Trinajstić information content (AvgIpc) is 2.30. The van der Waals surface area contributed by atoms with Crippen LogP contribution in [0.5, 0.6) is 0 Å². The molecule has 0 nitrogen and oxygen atoms in total. The maximum absolute atomic E-state index is 6.51. The van der Waals surface area contributed by atoms with Gasteiger partial charge in [-0.05, 0) is 0 Å². The van der Waals surface area contributed by atoms with Crippen molar-refractivity contribution in [3.63, 3.8) is 0 Å². The molecule has 2 aromatic carbocycles. The number of hydrogen-bond donors (Lipinski definition) is 0. The van der Waals surface area contributed by atoms with Crippen molar-refractivity contribution in [3.8, 4) is 0 Å². The SMILES string of the molecule is Cl[As](c1ccccc1)c1ccc(Br)cc1. The topological polar surface area (TPSA) is 0 Å². The van der Waals surface area contributed by atoms with E-state index in [2.05, 4.69) is 40.2 Å². The van der Waals surface area contributed by atoms with Gasteiger partial charge in [0.05, 0.1) is 0 Å². The summed E-state index contributed by atoms with van der Waals surface area (Å²) in [5.41, 5.74) is 0. The van der Waals surface area contributed by atoms with Crippen LogP contribution in [0.3, 0.4) is 0 Å². The molecule has 0 saturated carbocycles. The standard InChI is InChI=1S/C12H9AsBrCl/c14-12-8-6-11(7-9-12)13(15)10-4-2-1-3-5-10/h1-9H. The number of halogens is 2. The van der Waals surface area contributed by atoms with Gasteiger partial charge >= 0.3 is 107 Å². The van der Waals surface area contributed by atoms with E-state index in [4.69, 9.17) is 9.95 Å². The van der Waals surface area contributed by atoms with E-state index in [0.717, 1.165) is 4.47 Å². The first-order valence-electron chi connectivity index (χ1n) is 4.54. The van der Waals surface area contributed by atoms with Crippen molar-refractivity contribution < 1.29 is 0 Å². The summed E-state index contributed by atoms with van der Waals surface area (Å²) in [7, 11) is 6.51. The zero-order valence-electron chi connectivity index (χ0n) is 7.90. The van der Waals surface area contributed by atoms with Crippen LogP contribution in [0.1, 0.15) is 0 Å². The fourth-order valence-electron chi connectivity index (χ4n) is 1.28. The summed E-state index contributed by atoms with van der Waals surface area (Å²) in [6, 6.07) is 18.6. The minimum absolute atomic E-state index is 1.10. The van der Waals surface area contributed by atoms with E-state index in [1.165, 1.54) is 8.70 Å². The summed E-state index contributed by atoms with van der Waals surface area (Å²) in [4.78, 5) is 0. The van der Waals surface area contributed by atoms with Gasteiger partial charge in [-0.2, -0.15) is 0 Å². The van der Waals surface area contributed by atoms with Crippen LogP contribution in [0, 0.1) is 0 Å². The van der Waals surface area contributed by atoms with E-state index in [9.17, 15) is 0 Å². The molecular formula is C12H9AsBrCl. The molecule has 15 heavy (non-hydrogen) atoms. The molecule has 0 heterocycles. The molecule has 0 N–H and O–H groups in total. The molecule has 3 heteroatoms. The van der Waals surface area contributed by atoms with E-state index < -0.39 is 13.7 Å². The molecule has 76 valence electrons. The Morgan fingerprint density at radius 1 is 0.800 bits per heavy atom. The molecule has 0 amide bonds. The van der Waals surface area contributed by atoms with Crippen molar-refractivity contribution in [3.05, 3.63) is 59.1 Å². The molecule has 0 bridgehead atoms. The number of hydrogen-bond acceptors (Lipinski definition) is 0. The Bertz CT molecular complexity index is 427. The molecule has 0 saturated heterocycles.